The van der Waals surface area contributed by atoms with Crippen molar-refractivity contribution in [2.24, 2.45) is 0 Å². The van der Waals surface area contributed by atoms with Gasteiger partial charge in [0.1, 0.15) is 5.78 Å². The Bertz CT molecular complexity index is 320. The van der Waals surface area contributed by atoms with E-state index in [-0.39, 0.29) is 0 Å². The Morgan fingerprint density at radius 1 is 1.60 bits per heavy atom. The van der Waals surface area contributed by atoms with Crippen LogP contribution in [0.25, 0.3) is 0 Å². The Morgan fingerprint density at radius 3 is 3.00 bits per heavy atom. The van der Waals surface area contributed by atoms with Crippen molar-refractivity contribution in [3.63, 3.8) is 0 Å². The zero-order valence-corrected chi connectivity index (χ0v) is 9.93. The maximum Gasteiger partial charge on any atom is 0.134 e. The predicted molar refractivity (Wildman–Crippen MR) is 63.0 cm³/mol. The van der Waals surface area contributed by atoms with Gasteiger partial charge in [-0.1, -0.05) is 13.0 Å². The minimum Gasteiger partial charge on any atom is -0.300 e. The molecule has 1 unspecified atom stereocenters. The summed E-state index contributed by atoms with van der Waals surface area (Å²) >= 11 is 1.80. The number of carbonyl (C=O) groups excluding carboxylic acids is 1. The van der Waals surface area contributed by atoms with Crippen molar-refractivity contribution in [3.8, 4) is 0 Å². The van der Waals surface area contributed by atoms with Crippen LogP contribution in [0.5, 0.6) is 0 Å². The van der Waals surface area contributed by atoms with E-state index in [0.29, 0.717) is 11.8 Å². The molecule has 1 aromatic heterocycles. The topological polar surface area (TPSA) is 20.3 Å². The average Bonchev–Trinajstić information content (AvgIpc) is 2.85. The maximum atomic E-state index is 11.3. The lowest BCUT2D eigenvalue weighted by atomic mass is 10.2. The van der Waals surface area contributed by atoms with E-state index in [1.165, 1.54) is 4.88 Å². The summed E-state index contributed by atoms with van der Waals surface area (Å²) in [6, 6.07) is 4.75. The molecule has 1 saturated carbocycles. The van der Waals surface area contributed by atoms with Gasteiger partial charge in [0.15, 0.2) is 0 Å². The Kier molecular flexibility index (Phi) is 3.54. The molecule has 0 saturated heterocycles. The monoisotopic (exact) mass is 223 g/mol. The van der Waals surface area contributed by atoms with Crippen LogP contribution < -0.4 is 0 Å². The molecule has 3 heteroatoms. The summed E-state index contributed by atoms with van der Waals surface area (Å²) in [5, 5.41) is 2.11. The second-order valence-corrected chi connectivity index (χ2v) is 5.11. The molecule has 82 valence electrons. The Hall–Kier alpha value is -0.670. The van der Waals surface area contributed by atoms with Gasteiger partial charge in [0, 0.05) is 30.3 Å². The van der Waals surface area contributed by atoms with Gasteiger partial charge in [-0.05, 0) is 24.4 Å². The van der Waals surface area contributed by atoms with Crippen LogP contribution in [0.4, 0.5) is 0 Å². The second kappa shape index (κ2) is 4.90. The third-order valence-corrected chi connectivity index (χ3v) is 3.94. The molecule has 0 radical (unpaired) electrons. The van der Waals surface area contributed by atoms with Crippen LogP contribution in [0.3, 0.4) is 0 Å². The Balaban J connectivity index is 1.95. The van der Waals surface area contributed by atoms with Crippen molar-refractivity contribution in [3.05, 3.63) is 22.4 Å². The van der Waals surface area contributed by atoms with Gasteiger partial charge in [-0.15, -0.1) is 11.3 Å². The molecule has 15 heavy (non-hydrogen) atoms. The zero-order valence-electron chi connectivity index (χ0n) is 9.11. The third kappa shape index (κ3) is 2.67. The zero-order chi connectivity index (χ0) is 10.7. The first-order valence-corrected chi connectivity index (χ1v) is 6.45. The SMILES string of the molecule is CCN(Cc1cccs1)C1CCC(=O)C1. The number of rotatable bonds is 4. The number of ketones is 1. The van der Waals surface area contributed by atoms with E-state index in [4.69, 9.17) is 0 Å². The van der Waals surface area contributed by atoms with Gasteiger partial charge in [-0.2, -0.15) is 0 Å². The van der Waals surface area contributed by atoms with E-state index >= 15 is 0 Å². The van der Waals surface area contributed by atoms with Crippen LogP contribution in [-0.2, 0) is 11.3 Å². The van der Waals surface area contributed by atoms with E-state index in [2.05, 4.69) is 29.3 Å². The van der Waals surface area contributed by atoms with Crippen LogP contribution in [0, 0.1) is 0 Å². The molecule has 0 amide bonds. The summed E-state index contributed by atoms with van der Waals surface area (Å²) in [4.78, 5) is 15.1. The number of Topliss-reactive ketones (excluding diaryl/α,β-unsaturated/α-hetero) is 1. The molecule has 0 spiro atoms. The van der Waals surface area contributed by atoms with Crippen molar-refractivity contribution in [1.29, 1.82) is 0 Å². The summed E-state index contributed by atoms with van der Waals surface area (Å²) in [7, 11) is 0. The standard InChI is InChI=1S/C12H17NOS/c1-2-13(9-12-4-3-7-15-12)10-5-6-11(14)8-10/h3-4,7,10H,2,5-6,8-9H2,1H3. The number of thiophene rings is 1. The van der Waals surface area contributed by atoms with Gasteiger partial charge in [0.2, 0.25) is 0 Å². The molecule has 1 fully saturated rings. The third-order valence-electron chi connectivity index (χ3n) is 3.08. The molecule has 0 aromatic carbocycles. The second-order valence-electron chi connectivity index (χ2n) is 4.08. The smallest absolute Gasteiger partial charge is 0.134 e. The molecule has 1 aliphatic carbocycles. The fourth-order valence-electron chi connectivity index (χ4n) is 2.21. The van der Waals surface area contributed by atoms with Crippen LogP contribution in [0.2, 0.25) is 0 Å². The molecule has 2 rings (SSSR count). The lowest BCUT2D eigenvalue weighted by Crippen LogP contribution is -2.32. The van der Waals surface area contributed by atoms with E-state index in [1.807, 2.05) is 0 Å². The van der Waals surface area contributed by atoms with Gasteiger partial charge >= 0.3 is 0 Å². The lowest BCUT2D eigenvalue weighted by Gasteiger charge is -2.26. The molecule has 2 nitrogen and oxygen atoms in total. The summed E-state index contributed by atoms with van der Waals surface area (Å²) in [6.45, 7) is 4.22. The van der Waals surface area contributed by atoms with Crippen molar-refractivity contribution in [2.75, 3.05) is 6.54 Å². The number of nitrogens with zero attached hydrogens (tertiary/aromatic N) is 1. The first-order chi connectivity index (χ1) is 7.29. The molecule has 0 aliphatic heterocycles. The van der Waals surface area contributed by atoms with Crippen molar-refractivity contribution < 1.29 is 4.79 Å². The number of hydrogen-bond acceptors (Lipinski definition) is 3. The quantitative estimate of drug-likeness (QED) is 0.782. The van der Waals surface area contributed by atoms with Gasteiger partial charge < -0.3 is 0 Å². The first kappa shape index (κ1) is 10.8. The first-order valence-electron chi connectivity index (χ1n) is 5.57. The highest BCUT2D eigenvalue weighted by Gasteiger charge is 2.26. The van der Waals surface area contributed by atoms with Crippen molar-refractivity contribution in [1.82, 2.24) is 4.90 Å². The van der Waals surface area contributed by atoms with Gasteiger partial charge in [0.25, 0.3) is 0 Å². The molecule has 0 bridgehead atoms. The van der Waals surface area contributed by atoms with E-state index in [9.17, 15) is 4.79 Å². The molecule has 1 heterocycles. The normalized spacial score (nSPS) is 21.5. The molecule has 1 aromatic rings. The van der Waals surface area contributed by atoms with Crippen LogP contribution in [-0.4, -0.2) is 23.3 Å². The molecule has 1 aliphatic rings. The average molecular weight is 223 g/mol. The molecule has 0 N–H and O–H groups in total. The van der Waals surface area contributed by atoms with Crippen LogP contribution in [0.1, 0.15) is 31.1 Å². The highest BCUT2D eigenvalue weighted by Crippen LogP contribution is 2.23. The van der Waals surface area contributed by atoms with Gasteiger partial charge in [-0.25, -0.2) is 0 Å². The molecular weight excluding hydrogens is 206 g/mol. The van der Waals surface area contributed by atoms with E-state index < -0.39 is 0 Å². The summed E-state index contributed by atoms with van der Waals surface area (Å²) in [5.41, 5.74) is 0. The summed E-state index contributed by atoms with van der Waals surface area (Å²) in [6.07, 6.45) is 2.60. The van der Waals surface area contributed by atoms with Crippen molar-refractivity contribution >= 4 is 17.1 Å². The van der Waals surface area contributed by atoms with Crippen LogP contribution >= 0.6 is 11.3 Å². The molecular formula is C12H17NOS. The molecule has 1 atom stereocenters. The number of carbonyl (C=O) groups is 1. The van der Waals surface area contributed by atoms with Crippen molar-refractivity contribution in [2.45, 2.75) is 38.8 Å². The highest BCUT2D eigenvalue weighted by molar-refractivity contribution is 7.09. The Morgan fingerprint density at radius 2 is 2.47 bits per heavy atom. The maximum absolute atomic E-state index is 11.3. The van der Waals surface area contributed by atoms with E-state index in [1.54, 1.807) is 11.3 Å². The van der Waals surface area contributed by atoms with E-state index in [0.717, 1.165) is 32.4 Å². The predicted octanol–water partition coefficient (Wildman–Crippen LogP) is 2.69. The fourth-order valence-corrected chi connectivity index (χ4v) is 2.94. The van der Waals surface area contributed by atoms with Gasteiger partial charge in [0.05, 0.1) is 0 Å². The highest BCUT2D eigenvalue weighted by atomic mass is 32.1. The minimum absolute atomic E-state index is 0.435. The van der Waals surface area contributed by atoms with Crippen LogP contribution in [0.15, 0.2) is 17.5 Å². The largest absolute Gasteiger partial charge is 0.300 e. The summed E-state index contributed by atoms with van der Waals surface area (Å²) in [5.74, 6) is 0.435. The lowest BCUT2D eigenvalue weighted by molar-refractivity contribution is -0.117. The minimum atomic E-state index is 0.435. The summed E-state index contributed by atoms with van der Waals surface area (Å²) < 4.78 is 0. The fraction of sp³-hybridized carbons (Fsp3) is 0.583. The number of hydrogen-bond donors (Lipinski definition) is 0. The Labute approximate surface area is 94.9 Å². The van der Waals surface area contributed by atoms with Gasteiger partial charge in [-0.3, -0.25) is 9.69 Å².